The van der Waals surface area contributed by atoms with Crippen molar-refractivity contribution in [1.29, 1.82) is 0 Å². The van der Waals surface area contributed by atoms with Gasteiger partial charge in [0.1, 0.15) is 23.0 Å². The van der Waals surface area contributed by atoms with Crippen LogP contribution in [0.5, 0.6) is 23.0 Å². The van der Waals surface area contributed by atoms with Gasteiger partial charge in [0, 0.05) is 30.2 Å². The lowest BCUT2D eigenvalue weighted by Gasteiger charge is -2.14. The van der Waals surface area contributed by atoms with E-state index in [0.29, 0.717) is 23.0 Å². The van der Waals surface area contributed by atoms with Crippen LogP contribution in [0.2, 0.25) is 0 Å². The van der Waals surface area contributed by atoms with Crippen LogP contribution < -0.4 is 9.47 Å². The van der Waals surface area contributed by atoms with Crippen molar-refractivity contribution in [2.45, 2.75) is 12.8 Å². The normalized spacial score (nSPS) is 10.6. The van der Waals surface area contributed by atoms with Crippen molar-refractivity contribution >= 4 is 11.4 Å². The number of nitro groups is 2. The van der Waals surface area contributed by atoms with E-state index in [9.17, 15) is 20.2 Å². The van der Waals surface area contributed by atoms with Gasteiger partial charge in [-0.25, -0.2) is 0 Å². The van der Waals surface area contributed by atoms with Crippen LogP contribution >= 0.6 is 0 Å². The van der Waals surface area contributed by atoms with Gasteiger partial charge in [0.25, 0.3) is 11.4 Å². The number of non-ortho nitro benzene ring substituents is 2. The van der Waals surface area contributed by atoms with Crippen LogP contribution in [0.4, 0.5) is 11.4 Å². The summed E-state index contributed by atoms with van der Waals surface area (Å²) >= 11 is 0. The minimum absolute atomic E-state index is 0.0145. The average Bonchev–Trinajstić information content (AvgIpc) is 2.85. The molecule has 0 atom stereocenters. The van der Waals surface area contributed by atoms with E-state index in [1.165, 1.54) is 24.3 Å². The summed E-state index contributed by atoms with van der Waals surface area (Å²) in [4.78, 5) is 20.6. The van der Waals surface area contributed by atoms with E-state index in [1.54, 1.807) is 24.3 Å². The molecule has 0 saturated heterocycles. The Morgan fingerprint density at radius 3 is 1.06 bits per heavy atom. The zero-order valence-electron chi connectivity index (χ0n) is 18.2. The minimum atomic E-state index is -0.450. The molecule has 0 fully saturated rings. The molecule has 0 saturated carbocycles. The molecule has 0 radical (unpaired) electrons. The molecule has 4 aromatic rings. The quantitative estimate of drug-likeness (QED) is 0.204. The highest BCUT2D eigenvalue weighted by Gasteiger charge is 2.11. The van der Waals surface area contributed by atoms with Gasteiger partial charge in [-0.2, -0.15) is 0 Å². The van der Waals surface area contributed by atoms with Crippen LogP contribution in [0.25, 0.3) is 0 Å². The van der Waals surface area contributed by atoms with E-state index in [4.69, 9.17) is 9.47 Å². The fourth-order valence-electron chi connectivity index (χ4n) is 3.39. The summed E-state index contributed by atoms with van der Waals surface area (Å²) in [6.45, 7) is 2.10. The number of hydrogen-bond donors (Lipinski definition) is 0. The Kier molecular flexibility index (Phi) is 6.49. The summed E-state index contributed by atoms with van der Waals surface area (Å²) in [7, 11) is 0. The number of nitrogens with zero attached hydrogens (tertiary/aromatic N) is 2. The summed E-state index contributed by atoms with van der Waals surface area (Å²) in [6, 6.07) is 27.2. The van der Waals surface area contributed by atoms with Gasteiger partial charge in [-0.15, -0.1) is 0 Å². The standard InChI is InChI=1S/C26H20N2O6/c1-18(19-2-10-23(11-3-19)33-25-14-6-21(7-15-25)27(29)30)20-4-12-24(13-5-20)34-26-16-8-22(9-17-26)28(31)32/h2-18H,1H3. The van der Waals surface area contributed by atoms with Crippen molar-refractivity contribution in [1.82, 2.24) is 0 Å². The van der Waals surface area contributed by atoms with Crippen LogP contribution in [-0.4, -0.2) is 9.85 Å². The molecule has 0 aliphatic rings. The molecular formula is C26H20N2O6. The molecule has 0 unspecified atom stereocenters. The van der Waals surface area contributed by atoms with Gasteiger partial charge in [-0.1, -0.05) is 31.2 Å². The summed E-state index contributed by atoms with van der Waals surface area (Å²) in [5, 5.41) is 21.5. The number of ether oxygens (including phenoxy) is 2. The Labute approximate surface area is 195 Å². The number of nitro benzene ring substituents is 2. The van der Waals surface area contributed by atoms with Gasteiger partial charge in [0.15, 0.2) is 0 Å². The smallest absolute Gasteiger partial charge is 0.269 e. The van der Waals surface area contributed by atoms with E-state index in [1.807, 2.05) is 48.5 Å². The first-order chi connectivity index (χ1) is 16.4. The molecule has 8 heteroatoms. The maximum atomic E-state index is 10.8. The molecule has 0 aliphatic carbocycles. The van der Waals surface area contributed by atoms with Crippen molar-refractivity contribution in [2.75, 3.05) is 0 Å². The third kappa shape index (κ3) is 5.36. The van der Waals surface area contributed by atoms with Gasteiger partial charge in [-0.3, -0.25) is 20.2 Å². The molecule has 4 aromatic carbocycles. The number of benzene rings is 4. The Bertz CT molecular complexity index is 1180. The first-order valence-corrected chi connectivity index (χ1v) is 10.4. The highest BCUT2D eigenvalue weighted by atomic mass is 16.6. The number of rotatable bonds is 8. The average molecular weight is 456 g/mol. The molecular weight excluding hydrogens is 436 g/mol. The first kappa shape index (κ1) is 22.5. The summed E-state index contributed by atoms with van der Waals surface area (Å²) in [6.07, 6.45) is 0. The predicted octanol–water partition coefficient (Wildman–Crippen LogP) is 7.24. The van der Waals surface area contributed by atoms with Crippen molar-refractivity contribution in [2.24, 2.45) is 0 Å². The van der Waals surface area contributed by atoms with Crippen molar-refractivity contribution in [3.8, 4) is 23.0 Å². The second-order valence-electron chi connectivity index (χ2n) is 7.57. The van der Waals surface area contributed by atoms with Crippen molar-refractivity contribution < 1.29 is 19.3 Å². The van der Waals surface area contributed by atoms with E-state index in [-0.39, 0.29) is 17.3 Å². The lowest BCUT2D eigenvalue weighted by atomic mass is 9.93. The summed E-state index contributed by atoms with van der Waals surface area (Å²) < 4.78 is 11.5. The highest BCUT2D eigenvalue weighted by Crippen LogP contribution is 2.30. The van der Waals surface area contributed by atoms with Crippen LogP contribution in [-0.2, 0) is 0 Å². The summed E-state index contributed by atoms with van der Waals surface area (Å²) in [5.41, 5.74) is 2.22. The number of hydrogen-bond acceptors (Lipinski definition) is 6. The molecule has 34 heavy (non-hydrogen) atoms. The van der Waals surface area contributed by atoms with Crippen LogP contribution in [0.1, 0.15) is 24.0 Å². The Balaban J connectivity index is 1.38. The second kappa shape index (κ2) is 9.83. The maximum absolute atomic E-state index is 10.8. The van der Waals surface area contributed by atoms with Crippen LogP contribution in [0.15, 0.2) is 97.1 Å². The molecule has 4 rings (SSSR count). The molecule has 8 nitrogen and oxygen atoms in total. The molecule has 0 heterocycles. The fourth-order valence-corrected chi connectivity index (χ4v) is 3.39. The molecule has 0 spiro atoms. The van der Waals surface area contributed by atoms with E-state index >= 15 is 0 Å². The third-order valence-electron chi connectivity index (χ3n) is 5.33. The minimum Gasteiger partial charge on any atom is -0.457 e. The topological polar surface area (TPSA) is 105 Å². The molecule has 0 bridgehead atoms. The third-order valence-corrected chi connectivity index (χ3v) is 5.33. The van der Waals surface area contributed by atoms with Crippen molar-refractivity contribution in [3.05, 3.63) is 128 Å². The first-order valence-electron chi connectivity index (χ1n) is 10.4. The van der Waals surface area contributed by atoms with Crippen LogP contribution in [0.3, 0.4) is 0 Å². The zero-order chi connectivity index (χ0) is 24.1. The molecule has 0 amide bonds. The molecule has 0 aromatic heterocycles. The van der Waals surface area contributed by atoms with Gasteiger partial charge < -0.3 is 9.47 Å². The Hall–Kier alpha value is -4.72. The van der Waals surface area contributed by atoms with Crippen LogP contribution in [0, 0.1) is 20.2 Å². The largest absolute Gasteiger partial charge is 0.457 e. The fraction of sp³-hybridized carbons (Fsp3) is 0.0769. The van der Waals surface area contributed by atoms with E-state index < -0.39 is 9.85 Å². The summed E-state index contributed by atoms with van der Waals surface area (Å²) in [5.74, 6) is 2.44. The Morgan fingerprint density at radius 1 is 0.529 bits per heavy atom. The van der Waals surface area contributed by atoms with Gasteiger partial charge >= 0.3 is 0 Å². The highest BCUT2D eigenvalue weighted by molar-refractivity contribution is 5.42. The van der Waals surface area contributed by atoms with E-state index in [2.05, 4.69) is 6.92 Å². The van der Waals surface area contributed by atoms with Gasteiger partial charge in [0.05, 0.1) is 9.85 Å². The monoisotopic (exact) mass is 456 g/mol. The molecule has 170 valence electrons. The SMILES string of the molecule is CC(c1ccc(Oc2ccc([N+](=O)[O-])cc2)cc1)c1ccc(Oc2ccc([N+](=O)[O-])cc2)cc1. The molecule has 0 N–H and O–H groups in total. The molecule has 0 aliphatic heterocycles. The predicted molar refractivity (Wildman–Crippen MR) is 127 cm³/mol. The lowest BCUT2D eigenvalue weighted by molar-refractivity contribution is -0.385. The second-order valence-corrected chi connectivity index (χ2v) is 7.57. The van der Waals surface area contributed by atoms with Crippen molar-refractivity contribution in [3.63, 3.8) is 0 Å². The lowest BCUT2D eigenvalue weighted by Crippen LogP contribution is -1.96. The van der Waals surface area contributed by atoms with Gasteiger partial charge in [0.2, 0.25) is 0 Å². The maximum Gasteiger partial charge on any atom is 0.269 e. The Morgan fingerprint density at radius 2 is 0.794 bits per heavy atom. The zero-order valence-corrected chi connectivity index (χ0v) is 18.2. The van der Waals surface area contributed by atoms with Gasteiger partial charge in [-0.05, 0) is 59.7 Å². The van der Waals surface area contributed by atoms with E-state index in [0.717, 1.165) is 11.1 Å².